The van der Waals surface area contributed by atoms with Crippen molar-refractivity contribution in [2.75, 3.05) is 14.2 Å². The molecule has 1 aliphatic heterocycles. The quantitative estimate of drug-likeness (QED) is 0.507. The van der Waals surface area contributed by atoms with Gasteiger partial charge in [0.2, 0.25) is 0 Å². The van der Waals surface area contributed by atoms with Gasteiger partial charge in [-0.05, 0) is 48.1 Å². The van der Waals surface area contributed by atoms with Gasteiger partial charge in [0.05, 0.1) is 14.2 Å². The van der Waals surface area contributed by atoms with Crippen molar-refractivity contribution in [2.45, 2.75) is 49.9 Å². The maximum absolute atomic E-state index is 5.65. The Balaban J connectivity index is 1.47. The third-order valence-electron chi connectivity index (χ3n) is 7.52. The maximum Gasteiger partial charge on any atom is 0.123 e. The highest BCUT2D eigenvalue weighted by molar-refractivity contribution is 5.41. The van der Waals surface area contributed by atoms with Crippen molar-refractivity contribution in [3.05, 3.63) is 95.6 Å². The lowest BCUT2D eigenvalue weighted by atomic mass is 9.80. The van der Waals surface area contributed by atoms with Crippen LogP contribution in [0.1, 0.15) is 41.9 Å². The van der Waals surface area contributed by atoms with Crippen molar-refractivity contribution < 1.29 is 9.47 Å². The number of methoxy groups -OCH3 is 2. The highest BCUT2D eigenvalue weighted by atomic mass is 16.5. The molecule has 3 aromatic carbocycles. The van der Waals surface area contributed by atoms with E-state index in [1.54, 1.807) is 14.2 Å². The lowest BCUT2D eigenvalue weighted by Gasteiger charge is -2.32. The molecule has 1 heterocycles. The van der Waals surface area contributed by atoms with Crippen LogP contribution < -0.4 is 20.1 Å². The van der Waals surface area contributed by atoms with Crippen LogP contribution in [-0.2, 0) is 6.54 Å². The Morgan fingerprint density at radius 2 is 1.58 bits per heavy atom. The van der Waals surface area contributed by atoms with Gasteiger partial charge in [-0.25, -0.2) is 0 Å². The van der Waals surface area contributed by atoms with Gasteiger partial charge in [-0.1, -0.05) is 67.1 Å². The van der Waals surface area contributed by atoms with Gasteiger partial charge in [-0.15, -0.1) is 0 Å². The molecule has 0 bridgehead atoms. The van der Waals surface area contributed by atoms with E-state index in [1.165, 1.54) is 30.4 Å². The van der Waals surface area contributed by atoms with Crippen molar-refractivity contribution in [3.8, 4) is 11.5 Å². The lowest BCUT2D eigenvalue weighted by molar-refractivity contribution is 0.347. The molecular formula is C29H34N2O2. The molecule has 3 aromatic rings. The Morgan fingerprint density at radius 1 is 0.879 bits per heavy atom. The van der Waals surface area contributed by atoms with Crippen molar-refractivity contribution in [1.82, 2.24) is 10.6 Å². The highest BCUT2D eigenvalue weighted by Gasteiger charge is 2.48. The molecule has 1 aliphatic carbocycles. The van der Waals surface area contributed by atoms with E-state index in [0.717, 1.165) is 23.6 Å². The number of ether oxygens (including phenoxy) is 2. The third kappa shape index (κ3) is 4.50. The molecule has 0 amide bonds. The Kier molecular flexibility index (Phi) is 6.65. The molecule has 2 aliphatic rings. The monoisotopic (exact) mass is 442 g/mol. The molecule has 5 rings (SSSR count). The predicted molar refractivity (Wildman–Crippen MR) is 133 cm³/mol. The second-order valence-electron chi connectivity index (χ2n) is 9.28. The molecule has 0 radical (unpaired) electrons. The molecule has 2 fully saturated rings. The van der Waals surface area contributed by atoms with E-state index in [-0.39, 0.29) is 0 Å². The second-order valence-corrected chi connectivity index (χ2v) is 9.28. The SMILES string of the molecule is COc1ccc(OC)c(CNC2C3CCCC3NC2C(c2ccccc2)c2ccccc2)c1. The molecule has 4 atom stereocenters. The molecular weight excluding hydrogens is 408 g/mol. The molecule has 0 aromatic heterocycles. The van der Waals surface area contributed by atoms with E-state index < -0.39 is 0 Å². The topological polar surface area (TPSA) is 42.5 Å². The first-order valence-corrected chi connectivity index (χ1v) is 12.1. The van der Waals surface area contributed by atoms with Crippen molar-refractivity contribution in [2.24, 2.45) is 5.92 Å². The lowest BCUT2D eigenvalue weighted by Crippen LogP contribution is -2.46. The smallest absolute Gasteiger partial charge is 0.123 e. The average molecular weight is 443 g/mol. The van der Waals surface area contributed by atoms with Gasteiger partial charge in [0.1, 0.15) is 11.5 Å². The summed E-state index contributed by atoms with van der Waals surface area (Å²) in [5.41, 5.74) is 3.87. The van der Waals surface area contributed by atoms with Crippen LogP contribution in [0.2, 0.25) is 0 Å². The van der Waals surface area contributed by atoms with Crippen LogP contribution in [-0.4, -0.2) is 32.3 Å². The summed E-state index contributed by atoms with van der Waals surface area (Å²) in [5.74, 6) is 2.69. The summed E-state index contributed by atoms with van der Waals surface area (Å²) in [5, 5.41) is 8.04. The van der Waals surface area contributed by atoms with Crippen molar-refractivity contribution in [1.29, 1.82) is 0 Å². The maximum atomic E-state index is 5.65. The molecule has 1 saturated heterocycles. The van der Waals surface area contributed by atoms with Crippen LogP contribution in [0.4, 0.5) is 0 Å². The molecule has 4 heteroatoms. The minimum absolute atomic E-state index is 0.294. The summed E-state index contributed by atoms with van der Waals surface area (Å²) in [6.07, 6.45) is 3.84. The summed E-state index contributed by atoms with van der Waals surface area (Å²) in [4.78, 5) is 0. The molecule has 2 N–H and O–H groups in total. The first-order valence-electron chi connectivity index (χ1n) is 12.1. The van der Waals surface area contributed by atoms with Gasteiger partial charge >= 0.3 is 0 Å². The second kappa shape index (κ2) is 9.98. The number of benzene rings is 3. The first-order chi connectivity index (χ1) is 16.3. The zero-order valence-corrected chi connectivity index (χ0v) is 19.5. The summed E-state index contributed by atoms with van der Waals surface area (Å²) in [7, 11) is 3.45. The van der Waals surface area contributed by atoms with Crippen LogP contribution in [0.5, 0.6) is 11.5 Å². The van der Waals surface area contributed by atoms with Crippen LogP contribution in [0, 0.1) is 5.92 Å². The number of hydrogen-bond donors (Lipinski definition) is 2. The number of rotatable bonds is 8. The average Bonchev–Trinajstić information content (AvgIpc) is 3.46. The normalized spacial score (nSPS) is 24.1. The van der Waals surface area contributed by atoms with Gasteiger partial charge in [0, 0.05) is 36.2 Å². The number of fused-ring (bicyclic) bond motifs is 1. The van der Waals surface area contributed by atoms with E-state index in [1.807, 2.05) is 12.1 Å². The first kappa shape index (κ1) is 22.0. The highest BCUT2D eigenvalue weighted by Crippen LogP contribution is 2.42. The van der Waals surface area contributed by atoms with Crippen molar-refractivity contribution in [3.63, 3.8) is 0 Å². The Labute approximate surface area is 197 Å². The van der Waals surface area contributed by atoms with Crippen LogP contribution in [0.25, 0.3) is 0 Å². The minimum atomic E-state index is 0.294. The van der Waals surface area contributed by atoms with Gasteiger partial charge in [-0.2, -0.15) is 0 Å². The van der Waals surface area contributed by atoms with E-state index in [4.69, 9.17) is 9.47 Å². The fourth-order valence-corrected chi connectivity index (χ4v) is 6.00. The van der Waals surface area contributed by atoms with Crippen molar-refractivity contribution >= 4 is 0 Å². The molecule has 4 nitrogen and oxygen atoms in total. The standard InChI is InChI=1S/C29H34N2O2/c1-32-23-16-17-26(33-2)22(18-23)19-30-28-24-14-9-15-25(24)31-29(28)27(20-10-5-3-6-11-20)21-12-7-4-8-13-21/h3-8,10-13,16-18,24-25,27-31H,9,14-15,19H2,1-2H3. The van der Waals surface area contributed by atoms with Gasteiger partial charge in [0.25, 0.3) is 0 Å². The minimum Gasteiger partial charge on any atom is -0.497 e. The largest absolute Gasteiger partial charge is 0.497 e. The molecule has 4 unspecified atom stereocenters. The van der Waals surface area contributed by atoms with E-state index >= 15 is 0 Å². The number of nitrogens with one attached hydrogen (secondary N) is 2. The predicted octanol–water partition coefficient (Wildman–Crippen LogP) is 5.13. The molecule has 172 valence electrons. The van der Waals surface area contributed by atoms with Gasteiger partial charge in [-0.3, -0.25) is 0 Å². The Hall–Kier alpha value is -2.82. The molecule has 33 heavy (non-hydrogen) atoms. The fourth-order valence-electron chi connectivity index (χ4n) is 6.00. The summed E-state index contributed by atoms with van der Waals surface area (Å²) in [6, 6.07) is 29.2. The third-order valence-corrected chi connectivity index (χ3v) is 7.52. The summed E-state index contributed by atoms with van der Waals surface area (Å²) >= 11 is 0. The van der Waals surface area contributed by atoms with E-state index in [2.05, 4.69) is 77.4 Å². The number of hydrogen-bond acceptors (Lipinski definition) is 4. The van der Waals surface area contributed by atoms with Crippen LogP contribution in [0.15, 0.2) is 78.9 Å². The van der Waals surface area contributed by atoms with Crippen LogP contribution in [0.3, 0.4) is 0 Å². The molecule has 1 saturated carbocycles. The summed E-state index contributed by atoms with van der Waals surface area (Å²) < 4.78 is 11.1. The van der Waals surface area contributed by atoms with E-state index in [9.17, 15) is 0 Å². The fraction of sp³-hybridized carbons (Fsp3) is 0.379. The Bertz CT molecular complexity index is 1000. The van der Waals surface area contributed by atoms with E-state index in [0.29, 0.717) is 30.0 Å². The zero-order chi connectivity index (χ0) is 22.6. The summed E-state index contributed by atoms with van der Waals surface area (Å²) in [6.45, 7) is 0.753. The van der Waals surface area contributed by atoms with Gasteiger partial charge in [0.15, 0.2) is 0 Å². The van der Waals surface area contributed by atoms with Crippen LogP contribution >= 0.6 is 0 Å². The zero-order valence-electron chi connectivity index (χ0n) is 19.5. The Morgan fingerprint density at radius 3 is 2.21 bits per heavy atom. The molecule has 0 spiro atoms. The van der Waals surface area contributed by atoms with Gasteiger partial charge < -0.3 is 20.1 Å².